The molecule has 1 amide bonds. The standard InChI is InChI=1S/C14H15N3O4/c1-19-10-4-3-5-11(20-2)12(10)21-14-9(13(16)18)6-8(15)7-17-14/h3-7H,15H2,1-2H3,(H2,16,18). The minimum Gasteiger partial charge on any atom is -0.493 e. The zero-order valence-corrected chi connectivity index (χ0v) is 11.6. The number of hydrogen-bond acceptors (Lipinski definition) is 6. The number of nitrogens with two attached hydrogens (primary N) is 2. The van der Waals surface area contributed by atoms with Gasteiger partial charge in [0.15, 0.2) is 11.5 Å². The van der Waals surface area contributed by atoms with Crippen LogP contribution in [0.2, 0.25) is 0 Å². The first-order chi connectivity index (χ1) is 10.1. The lowest BCUT2D eigenvalue weighted by Gasteiger charge is -2.14. The van der Waals surface area contributed by atoms with Crippen molar-refractivity contribution in [2.75, 3.05) is 20.0 Å². The van der Waals surface area contributed by atoms with E-state index in [0.717, 1.165) is 0 Å². The molecule has 7 nitrogen and oxygen atoms in total. The Balaban J connectivity index is 2.50. The summed E-state index contributed by atoms with van der Waals surface area (Å²) in [6, 6.07) is 6.53. The topological polar surface area (TPSA) is 110 Å². The highest BCUT2D eigenvalue weighted by Gasteiger charge is 2.18. The molecule has 0 bridgehead atoms. The van der Waals surface area contributed by atoms with Crippen molar-refractivity contribution in [2.45, 2.75) is 0 Å². The predicted octanol–water partition coefficient (Wildman–Crippen LogP) is 1.57. The van der Waals surface area contributed by atoms with Gasteiger partial charge in [-0.2, -0.15) is 0 Å². The minimum absolute atomic E-state index is 0.0273. The molecule has 110 valence electrons. The number of nitrogens with zero attached hydrogens (tertiary/aromatic N) is 1. The average Bonchev–Trinajstić information content (AvgIpc) is 2.48. The summed E-state index contributed by atoms with van der Waals surface area (Å²) >= 11 is 0. The SMILES string of the molecule is COc1cccc(OC)c1Oc1ncc(N)cc1C(N)=O. The van der Waals surface area contributed by atoms with Crippen LogP contribution in [-0.2, 0) is 0 Å². The number of para-hydroxylation sites is 1. The summed E-state index contributed by atoms with van der Waals surface area (Å²) in [5.41, 5.74) is 11.3. The van der Waals surface area contributed by atoms with Crippen LogP contribution in [0.15, 0.2) is 30.5 Å². The van der Waals surface area contributed by atoms with E-state index in [2.05, 4.69) is 4.98 Å². The van der Waals surface area contributed by atoms with Gasteiger partial charge >= 0.3 is 0 Å². The number of ether oxygens (including phenoxy) is 3. The van der Waals surface area contributed by atoms with Crippen molar-refractivity contribution in [3.05, 3.63) is 36.0 Å². The second kappa shape index (κ2) is 6.00. The van der Waals surface area contributed by atoms with E-state index in [-0.39, 0.29) is 11.4 Å². The number of nitrogen functional groups attached to an aromatic ring is 1. The molecule has 0 aliphatic carbocycles. The molecule has 0 radical (unpaired) electrons. The molecule has 2 aromatic rings. The molecule has 7 heteroatoms. The van der Waals surface area contributed by atoms with E-state index in [4.69, 9.17) is 25.7 Å². The Hall–Kier alpha value is -2.96. The molecule has 1 heterocycles. The lowest BCUT2D eigenvalue weighted by molar-refractivity contribution is 0.0997. The molecule has 1 aromatic carbocycles. The van der Waals surface area contributed by atoms with Crippen LogP contribution < -0.4 is 25.7 Å². The van der Waals surface area contributed by atoms with Gasteiger partial charge in [-0.05, 0) is 18.2 Å². The number of rotatable bonds is 5. The third-order valence-corrected chi connectivity index (χ3v) is 2.72. The predicted molar refractivity (Wildman–Crippen MR) is 76.8 cm³/mol. The Morgan fingerprint density at radius 3 is 2.33 bits per heavy atom. The zero-order chi connectivity index (χ0) is 15.4. The van der Waals surface area contributed by atoms with Crippen molar-refractivity contribution in [3.8, 4) is 23.1 Å². The van der Waals surface area contributed by atoms with Crippen molar-refractivity contribution < 1.29 is 19.0 Å². The highest BCUT2D eigenvalue weighted by molar-refractivity contribution is 5.96. The second-order valence-electron chi connectivity index (χ2n) is 4.08. The molecular weight excluding hydrogens is 274 g/mol. The maximum atomic E-state index is 11.5. The number of benzene rings is 1. The summed E-state index contributed by atoms with van der Waals surface area (Å²) in [6.07, 6.45) is 1.36. The van der Waals surface area contributed by atoms with Gasteiger partial charge in [-0.15, -0.1) is 0 Å². The van der Waals surface area contributed by atoms with E-state index in [0.29, 0.717) is 22.9 Å². The molecule has 0 spiro atoms. The average molecular weight is 289 g/mol. The highest BCUT2D eigenvalue weighted by Crippen LogP contribution is 2.40. The fourth-order valence-corrected chi connectivity index (χ4v) is 1.74. The summed E-state index contributed by atoms with van der Waals surface area (Å²) in [6.45, 7) is 0. The van der Waals surface area contributed by atoms with Gasteiger partial charge in [0.1, 0.15) is 5.56 Å². The van der Waals surface area contributed by atoms with Crippen LogP contribution in [0.4, 0.5) is 5.69 Å². The number of carbonyl (C=O) groups excluding carboxylic acids is 1. The minimum atomic E-state index is -0.696. The molecule has 21 heavy (non-hydrogen) atoms. The lowest BCUT2D eigenvalue weighted by atomic mass is 10.2. The largest absolute Gasteiger partial charge is 0.493 e. The van der Waals surface area contributed by atoms with Gasteiger partial charge in [-0.25, -0.2) is 4.98 Å². The normalized spacial score (nSPS) is 10.0. The van der Waals surface area contributed by atoms with Crippen LogP contribution in [0.5, 0.6) is 23.1 Å². The third-order valence-electron chi connectivity index (χ3n) is 2.72. The zero-order valence-electron chi connectivity index (χ0n) is 11.6. The van der Waals surface area contributed by atoms with Gasteiger partial charge in [-0.1, -0.05) is 6.07 Å². The summed E-state index contributed by atoms with van der Waals surface area (Å²) in [7, 11) is 2.99. The Kier molecular flexibility index (Phi) is 4.13. The number of pyridine rings is 1. The molecule has 0 unspecified atom stereocenters. The molecule has 0 aliphatic rings. The van der Waals surface area contributed by atoms with Crippen molar-refractivity contribution in [2.24, 2.45) is 5.73 Å². The van der Waals surface area contributed by atoms with Crippen molar-refractivity contribution >= 4 is 11.6 Å². The van der Waals surface area contributed by atoms with Crippen molar-refractivity contribution in [1.29, 1.82) is 0 Å². The Bertz CT molecular complexity index is 651. The van der Waals surface area contributed by atoms with Gasteiger partial charge in [0.25, 0.3) is 5.91 Å². The fourth-order valence-electron chi connectivity index (χ4n) is 1.74. The molecule has 0 aliphatic heterocycles. The van der Waals surface area contributed by atoms with Crippen LogP contribution in [0.1, 0.15) is 10.4 Å². The summed E-state index contributed by atoms with van der Waals surface area (Å²) in [5, 5.41) is 0. The second-order valence-corrected chi connectivity index (χ2v) is 4.08. The van der Waals surface area contributed by atoms with Gasteiger partial charge in [0, 0.05) is 0 Å². The monoisotopic (exact) mass is 289 g/mol. The molecule has 2 rings (SSSR count). The first kappa shape index (κ1) is 14.4. The molecule has 0 saturated heterocycles. The van der Waals surface area contributed by atoms with E-state index in [1.54, 1.807) is 18.2 Å². The van der Waals surface area contributed by atoms with Crippen LogP contribution >= 0.6 is 0 Å². The summed E-state index contributed by atoms with van der Waals surface area (Å²) in [4.78, 5) is 15.4. The number of aromatic nitrogens is 1. The lowest BCUT2D eigenvalue weighted by Crippen LogP contribution is -2.13. The number of anilines is 1. The summed E-state index contributed by atoms with van der Waals surface area (Å²) < 4.78 is 16.1. The quantitative estimate of drug-likeness (QED) is 0.864. The third kappa shape index (κ3) is 2.97. The molecule has 0 atom stereocenters. The molecular formula is C14H15N3O4. The van der Waals surface area contributed by atoms with E-state index in [9.17, 15) is 4.79 Å². The first-order valence-electron chi connectivity index (χ1n) is 6.01. The molecule has 0 saturated carbocycles. The maximum Gasteiger partial charge on any atom is 0.254 e. The van der Waals surface area contributed by atoms with E-state index < -0.39 is 5.91 Å². The highest BCUT2D eigenvalue weighted by atomic mass is 16.5. The van der Waals surface area contributed by atoms with Crippen LogP contribution in [0, 0.1) is 0 Å². The smallest absolute Gasteiger partial charge is 0.254 e. The number of hydrogen-bond donors (Lipinski definition) is 2. The van der Waals surface area contributed by atoms with Crippen LogP contribution in [0.3, 0.4) is 0 Å². The van der Waals surface area contributed by atoms with E-state index in [1.807, 2.05) is 0 Å². The first-order valence-corrected chi connectivity index (χ1v) is 6.01. The molecule has 0 fully saturated rings. The van der Waals surface area contributed by atoms with Gasteiger partial charge in [0.05, 0.1) is 26.1 Å². The Morgan fingerprint density at radius 2 is 1.81 bits per heavy atom. The number of carbonyl (C=O) groups is 1. The van der Waals surface area contributed by atoms with Crippen molar-refractivity contribution in [1.82, 2.24) is 4.98 Å². The molecule has 4 N–H and O–H groups in total. The Morgan fingerprint density at radius 1 is 1.19 bits per heavy atom. The number of methoxy groups -OCH3 is 2. The van der Waals surface area contributed by atoms with Crippen LogP contribution in [0.25, 0.3) is 0 Å². The van der Waals surface area contributed by atoms with Gasteiger partial charge < -0.3 is 25.7 Å². The summed E-state index contributed by atoms with van der Waals surface area (Å²) in [5.74, 6) is 0.493. The van der Waals surface area contributed by atoms with E-state index in [1.165, 1.54) is 26.5 Å². The van der Waals surface area contributed by atoms with Gasteiger partial charge in [0.2, 0.25) is 11.6 Å². The van der Waals surface area contributed by atoms with Crippen LogP contribution in [-0.4, -0.2) is 25.1 Å². The van der Waals surface area contributed by atoms with Gasteiger partial charge in [-0.3, -0.25) is 4.79 Å². The maximum absolute atomic E-state index is 11.5. The van der Waals surface area contributed by atoms with E-state index >= 15 is 0 Å². The van der Waals surface area contributed by atoms with Crippen molar-refractivity contribution in [3.63, 3.8) is 0 Å². The Labute approximate surface area is 121 Å². The number of amides is 1. The number of primary amides is 1. The molecule has 1 aromatic heterocycles. The fraction of sp³-hybridized carbons (Fsp3) is 0.143.